The van der Waals surface area contributed by atoms with Crippen LogP contribution in [0.2, 0.25) is 0 Å². The molecule has 5 nitrogen and oxygen atoms in total. The third-order valence-corrected chi connectivity index (χ3v) is 3.59. The molecule has 0 aliphatic carbocycles. The highest BCUT2D eigenvalue weighted by atomic mass is 32.2. The lowest BCUT2D eigenvalue weighted by Gasteiger charge is -2.10. The first-order chi connectivity index (χ1) is 9.02. The standard InChI is InChI=1S/C13H16O5S/c1-2-18-10-5-3-9(4-6-10)8-19-11(13(16)17)7-12(14)15/h3-6,11H,2,7-8H2,1H3,(H,14,15)(H,16,17). The molecule has 0 amide bonds. The fourth-order valence-electron chi connectivity index (χ4n) is 1.42. The molecule has 0 aromatic heterocycles. The lowest BCUT2D eigenvalue weighted by atomic mass is 10.2. The topological polar surface area (TPSA) is 83.8 Å². The molecule has 104 valence electrons. The molecule has 0 saturated carbocycles. The Hall–Kier alpha value is -1.69. The predicted molar refractivity (Wildman–Crippen MR) is 72.6 cm³/mol. The summed E-state index contributed by atoms with van der Waals surface area (Å²) in [4.78, 5) is 21.4. The summed E-state index contributed by atoms with van der Waals surface area (Å²) in [6.45, 7) is 2.49. The normalized spacial score (nSPS) is 11.8. The second-order valence-corrected chi connectivity index (χ2v) is 5.00. The van der Waals surface area contributed by atoms with E-state index in [1.807, 2.05) is 31.2 Å². The summed E-state index contributed by atoms with van der Waals surface area (Å²) in [5, 5.41) is 16.6. The molecule has 0 saturated heterocycles. The second-order valence-electron chi connectivity index (χ2n) is 3.81. The van der Waals surface area contributed by atoms with E-state index in [2.05, 4.69) is 0 Å². The Morgan fingerprint density at radius 2 is 1.89 bits per heavy atom. The average molecular weight is 284 g/mol. The first-order valence-electron chi connectivity index (χ1n) is 5.81. The van der Waals surface area contributed by atoms with Gasteiger partial charge >= 0.3 is 11.9 Å². The van der Waals surface area contributed by atoms with Crippen LogP contribution in [0, 0.1) is 0 Å². The van der Waals surface area contributed by atoms with Crippen LogP contribution in [0.3, 0.4) is 0 Å². The van der Waals surface area contributed by atoms with E-state index >= 15 is 0 Å². The van der Waals surface area contributed by atoms with Crippen molar-refractivity contribution < 1.29 is 24.5 Å². The maximum Gasteiger partial charge on any atom is 0.317 e. The maximum atomic E-state index is 10.9. The quantitative estimate of drug-likeness (QED) is 0.761. The number of rotatable bonds is 8. The Balaban J connectivity index is 2.54. The van der Waals surface area contributed by atoms with Gasteiger partial charge in [0.05, 0.1) is 13.0 Å². The van der Waals surface area contributed by atoms with Gasteiger partial charge in [-0.15, -0.1) is 11.8 Å². The van der Waals surface area contributed by atoms with Crippen LogP contribution in [0.15, 0.2) is 24.3 Å². The fraction of sp³-hybridized carbons (Fsp3) is 0.385. The SMILES string of the molecule is CCOc1ccc(CSC(CC(=O)O)C(=O)O)cc1. The lowest BCUT2D eigenvalue weighted by Crippen LogP contribution is -2.20. The van der Waals surface area contributed by atoms with E-state index in [0.717, 1.165) is 23.1 Å². The summed E-state index contributed by atoms with van der Waals surface area (Å²) in [6.07, 6.45) is -0.378. The number of hydrogen-bond donors (Lipinski definition) is 2. The largest absolute Gasteiger partial charge is 0.494 e. The number of ether oxygens (including phenoxy) is 1. The van der Waals surface area contributed by atoms with Crippen molar-refractivity contribution in [3.8, 4) is 5.75 Å². The highest BCUT2D eigenvalue weighted by Crippen LogP contribution is 2.22. The first kappa shape index (κ1) is 15.4. The van der Waals surface area contributed by atoms with E-state index in [-0.39, 0.29) is 6.42 Å². The number of carboxylic acid groups (broad SMARTS) is 2. The number of carbonyl (C=O) groups is 2. The molecular weight excluding hydrogens is 268 g/mol. The molecule has 0 radical (unpaired) electrons. The van der Waals surface area contributed by atoms with E-state index in [1.54, 1.807) is 0 Å². The number of hydrogen-bond acceptors (Lipinski definition) is 4. The molecule has 19 heavy (non-hydrogen) atoms. The van der Waals surface area contributed by atoms with Crippen molar-refractivity contribution in [1.29, 1.82) is 0 Å². The maximum absolute atomic E-state index is 10.9. The monoisotopic (exact) mass is 284 g/mol. The summed E-state index contributed by atoms with van der Waals surface area (Å²) < 4.78 is 5.30. The molecule has 0 fully saturated rings. The minimum atomic E-state index is -1.11. The van der Waals surface area contributed by atoms with Gasteiger partial charge in [-0.1, -0.05) is 12.1 Å². The van der Waals surface area contributed by atoms with Crippen molar-refractivity contribution in [2.24, 2.45) is 0 Å². The van der Waals surface area contributed by atoms with Crippen molar-refractivity contribution in [1.82, 2.24) is 0 Å². The van der Waals surface area contributed by atoms with Gasteiger partial charge < -0.3 is 14.9 Å². The number of benzene rings is 1. The van der Waals surface area contributed by atoms with Crippen molar-refractivity contribution in [2.75, 3.05) is 6.61 Å². The molecule has 0 heterocycles. The Morgan fingerprint density at radius 1 is 1.26 bits per heavy atom. The van der Waals surface area contributed by atoms with Crippen molar-refractivity contribution in [2.45, 2.75) is 24.3 Å². The molecule has 0 spiro atoms. The van der Waals surface area contributed by atoms with Crippen LogP contribution in [-0.4, -0.2) is 34.0 Å². The second kappa shape index (κ2) is 7.68. The Bertz CT molecular complexity index is 429. The van der Waals surface area contributed by atoms with Crippen molar-refractivity contribution in [3.05, 3.63) is 29.8 Å². The average Bonchev–Trinajstić information content (AvgIpc) is 2.36. The van der Waals surface area contributed by atoms with Gasteiger partial charge in [0.2, 0.25) is 0 Å². The van der Waals surface area contributed by atoms with Gasteiger partial charge in [0.15, 0.2) is 0 Å². The molecule has 2 N–H and O–H groups in total. The summed E-state index contributed by atoms with van der Waals surface area (Å²) in [5.74, 6) is -0.988. The van der Waals surface area contributed by atoms with Crippen LogP contribution in [-0.2, 0) is 15.3 Å². The van der Waals surface area contributed by atoms with Crippen molar-refractivity contribution in [3.63, 3.8) is 0 Å². The first-order valence-corrected chi connectivity index (χ1v) is 6.85. The molecule has 1 rings (SSSR count). The van der Waals surface area contributed by atoms with E-state index in [4.69, 9.17) is 14.9 Å². The lowest BCUT2D eigenvalue weighted by molar-refractivity contribution is -0.142. The van der Waals surface area contributed by atoms with Crippen LogP contribution < -0.4 is 4.74 Å². The van der Waals surface area contributed by atoms with Gasteiger partial charge in [-0.05, 0) is 24.6 Å². The number of thioether (sulfide) groups is 1. The van der Waals surface area contributed by atoms with Crippen LogP contribution in [0.1, 0.15) is 18.9 Å². The smallest absolute Gasteiger partial charge is 0.317 e. The van der Waals surface area contributed by atoms with Crippen molar-refractivity contribution >= 4 is 23.7 Å². The zero-order valence-corrected chi connectivity index (χ0v) is 11.4. The van der Waals surface area contributed by atoms with Gasteiger partial charge in [-0.3, -0.25) is 9.59 Å². The number of aliphatic carboxylic acids is 2. The van der Waals surface area contributed by atoms with Crippen LogP contribution in [0.4, 0.5) is 0 Å². The summed E-state index contributed by atoms with van der Waals surface area (Å²) in [7, 11) is 0. The van der Waals surface area contributed by atoms with E-state index in [1.165, 1.54) is 0 Å². The van der Waals surface area contributed by atoms with Crippen LogP contribution in [0.25, 0.3) is 0 Å². The molecule has 0 bridgehead atoms. The van der Waals surface area contributed by atoms with Crippen LogP contribution >= 0.6 is 11.8 Å². The van der Waals surface area contributed by atoms with E-state index in [9.17, 15) is 9.59 Å². The van der Waals surface area contributed by atoms with Crippen LogP contribution in [0.5, 0.6) is 5.75 Å². The Kier molecular flexibility index (Phi) is 6.21. The van der Waals surface area contributed by atoms with Gasteiger partial charge in [0.25, 0.3) is 0 Å². The summed E-state index contributed by atoms with van der Waals surface area (Å²) >= 11 is 1.11. The van der Waals surface area contributed by atoms with Gasteiger partial charge in [0, 0.05) is 5.75 Å². The highest BCUT2D eigenvalue weighted by Gasteiger charge is 2.21. The fourth-order valence-corrected chi connectivity index (χ4v) is 2.41. The minimum Gasteiger partial charge on any atom is -0.494 e. The molecule has 0 aliphatic heterocycles. The molecule has 1 aromatic rings. The zero-order chi connectivity index (χ0) is 14.3. The van der Waals surface area contributed by atoms with E-state index in [0.29, 0.717) is 12.4 Å². The minimum absolute atomic E-state index is 0.378. The van der Waals surface area contributed by atoms with Gasteiger partial charge in [0.1, 0.15) is 11.0 Å². The third-order valence-electron chi connectivity index (χ3n) is 2.32. The highest BCUT2D eigenvalue weighted by molar-refractivity contribution is 7.99. The molecule has 0 aliphatic rings. The zero-order valence-electron chi connectivity index (χ0n) is 10.5. The Labute approximate surface area is 115 Å². The number of carboxylic acids is 2. The molecule has 6 heteroatoms. The summed E-state index contributed by atoms with van der Waals surface area (Å²) in [5.41, 5.74) is 0.935. The summed E-state index contributed by atoms with van der Waals surface area (Å²) in [6, 6.07) is 7.31. The molecule has 1 aromatic carbocycles. The molecule has 1 atom stereocenters. The predicted octanol–water partition coefficient (Wildman–Crippen LogP) is 2.25. The molecular formula is C13H16O5S. The third kappa shape index (κ3) is 5.65. The van der Waals surface area contributed by atoms with E-state index < -0.39 is 17.2 Å². The molecule has 1 unspecified atom stereocenters. The van der Waals surface area contributed by atoms with Gasteiger partial charge in [-0.2, -0.15) is 0 Å². The van der Waals surface area contributed by atoms with Gasteiger partial charge in [-0.25, -0.2) is 0 Å². The Morgan fingerprint density at radius 3 is 2.37 bits per heavy atom.